The second-order valence-corrected chi connectivity index (χ2v) is 3.79. The van der Waals surface area contributed by atoms with Gasteiger partial charge < -0.3 is 9.47 Å². The first-order valence-electron chi connectivity index (χ1n) is 5.38. The third kappa shape index (κ3) is 4.03. The van der Waals surface area contributed by atoms with Gasteiger partial charge in [0.25, 0.3) is 0 Å². The number of carbonyl (C=O) groups excluding carboxylic acids is 1. The normalized spacial score (nSPS) is 10.8. The zero-order chi connectivity index (χ0) is 15.3. The van der Waals surface area contributed by atoms with Crippen LogP contribution in [0.3, 0.4) is 0 Å². The second kappa shape index (κ2) is 6.48. The van der Waals surface area contributed by atoms with Crippen LogP contribution in [-0.4, -0.2) is 18.9 Å². The van der Waals surface area contributed by atoms with Crippen LogP contribution in [0.5, 0.6) is 5.75 Å². The van der Waals surface area contributed by atoms with Crippen LogP contribution in [0.1, 0.15) is 28.4 Å². The van der Waals surface area contributed by atoms with Gasteiger partial charge in [0.05, 0.1) is 17.7 Å². The Morgan fingerprint density at radius 2 is 2.10 bits per heavy atom. The molecule has 0 bridgehead atoms. The minimum atomic E-state index is -4.94. The Labute approximate surface area is 117 Å². The average molecular weight is 308 g/mol. The lowest BCUT2D eigenvalue weighted by Gasteiger charge is -2.13. The van der Waals surface area contributed by atoms with E-state index in [0.29, 0.717) is 0 Å². The van der Waals surface area contributed by atoms with E-state index in [4.69, 9.17) is 21.6 Å². The summed E-state index contributed by atoms with van der Waals surface area (Å²) in [5.74, 6) is -1.70. The predicted octanol–water partition coefficient (Wildman–Crippen LogP) is 3.37. The summed E-state index contributed by atoms with van der Waals surface area (Å²) in [5, 5.41) is 8.83. The van der Waals surface area contributed by atoms with Gasteiger partial charge in [-0.1, -0.05) is 0 Å². The molecule has 0 aromatic heterocycles. The largest absolute Gasteiger partial charge is 0.573 e. The molecule has 20 heavy (non-hydrogen) atoms. The van der Waals surface area contributed by atoms with Crippen molar-refractivity contribution in [1.29, 1.82) is 5.26 Å². The number of halogens is 4. The van der Waals surface area contributed by atoms with E-state index < -0.39 is 23.6 Å². The highest BCUT2D eigenvalue weighted by Gasteiger charge is 2.33. The molecule has 0 unspecified atom stereocenters. The first-order chi connectivity index (χ1) is 9.32. The van der Waals surface area contributed by atoms with Crippen LogP contribution in [0, 0.1) is 11.3 Å². The lowest BCUT2D eigenvalue weighted by Crippen LogP contribution is -2.18. The fourth-order valence-electron chi connectivity index (χ4n) is 1.43. The Morgan fingerprint density at radius 1 is 1.45 bits per heavy atom. The van der Waals surface area contributed by atoms with E-state index in [1.54, 1.807) is 6.92 Å². The van der Waals surface area contributed by atoms with Gasteiger partial charge in [-0.25, -0.2) is 4.79 Å². The number of ether oxygens (including phenoxy) is 2. The molecule has 0 N–H and O–H groups in total. The van der Waals surface area contributed by atoms with Crippen LogP contribution in [0.15, 0.2) is 12.1 Å². The lowest BCUT2D eigenvalue weighted by atomic mass is 10.0. The summed E-state index contributed by atoms with van der Waals surface area (Å²) < 4.78 is 45.1. The monoisotopic (exact) mass is 307 g/mol. The molecule has 0 aliphatic carbocycles. The van der Waals surface area contributed by atoms with Gasteiger partial charge in [-0.15, -0.1) is 24.8 Å². The highest BCUT2D eigenvalue weighted by atomic mass is 35.5. The molecule has 0 aliphatic rings. The van der Waals surface area contributed by atoms with Crippen LogP contribution in [0.4, 0.5) is 13.2 Å². The summed E-state index contributed by atoms with van der Waals surface area (Å²) in [5.41, 5.74) is -0.407. The molecule has 1 rings (SSSR count). The minimum Gasteiger partial charge on any atom is -0.462 e. The average Bonchev–Trinajstić information content (AvgIpc) is 2.36. The fourth-order valence-corrected chi connectivity index (χ4v) is 1.65. The molecular weight excluding hydrogens is 299 g/mol. The van der Waals surface area contributed by atoms with Crippen LogP contribution in [0.25, 0.3) is 0 Å². The third-order valence-electron chi connectivity index (χ3n) is 2.19. The van der Waals surface area contributed by atoms with Crippen LogP contribution in [-0.2, 0) is 10.6 Å². The zero-order valence-corrected chi connectivity index (χ0v) is 11.0. The van der Waals surface area contributed by atoms with Crippen molar-refractivity contribution in [3.63, 3.8) is 0 Å². The Balaban J connectivity index is 3.31. The quantitative estimate of drug-likeness (QED) is 0.632. The van der Waals surface area contributed by atoms with E-state index in [2.05, 4.69) is 4.74 Å². The van der Waals surface area contributed by atoms with Gasteiger partial charge in [-0.2, -0.15) is 5.26 Å². The summed E-state index contributed by atoms with van der Waals surface area (Å²) in [6.07, 6.45) is -4.94. The summed E-state index contributed by atoms with van der Waals surface area (Å²) in [4.78, 5) is 11.6. The third-order valence-corrected chi connectivity index (χ3v) is 2.48. The van der Waals surface area contributed by atoms with Gasteiger partial charge >= 0.3 is 12.3 Å². The minimum absolute atomic E-state index is 0.0621. The Kier molecular flexibility index (Phi) is 5.22. The second-order valence-electron chi connectivity index (χ2n) is 3.52. The molecule has 0 fully saturated rings. The molecule has 0 spiro atoms. The number of nitriles is 1. The Hall–Kier alpha value is -1.94. The van der Waals surface area contributed by atoms with E-state index in [9.17, 15) is 18.0 Å². The summed E-state index contributed by atoms with van der Waals surface area (Å²) in [6.45, 7) is 1.66. The fraction of sp³-hybridized carbons (Fsp3) is 0.333. The smallest absolute Gasteiger partial charge is 0.462 e. The lowest BCUT2D eigenvalue weighted by molar-refractivity contribution is -0.274. The topological polar surface area (TPSA) is 59.3 Å². The number of rotatable bonds is 4. The molecule has 0 saturated carbocycles. The number of benzene rings is 1. The first-order valence-corrected chi connectivity index (χ1v) is 5.91. The summed E-state index contributed by atoms with van der Waals surface area (Å²) in [7, 11) is 0. The van der Waals surface area contributed by atoms with Crippen LogP contribution < -0.4 is 4.74 Å². The summed E-state index contributed by atoms with van der Waals surface area (Å²) in [6, 6.07) is 3.41. The SMILES string of the molecule is CCOC(=O)c1cc(C#N)c(OC(F)(F)F)cc1CCl. The Bertz CT molecular complexity index is 552. The molecular formula is C12H9ClF3NO3. The van der Waals surface area contributed by atoms with Gasteiger partial charge in [-0.05, 0) is 24.6 Å². The number of esters is 1. The van der Waals surface area contributed by atoms with Crippen LogP contribution in [0.2, 0.25) is 0 Å². The van der Waals surface area contributed by atoms with Crippen molar-refractivity contribution in [3.8, 4) is 11.8 Å². The molecule has 0 saturated heterocycles. The highest BCUT2D eigenvalue weighted by molar-refractivity contribution is 6.17. The Morgan fingerprint density at radius 3 is 2.55 bits per heavy atom. The highest BCUT2D eigenvalue weighted by Crippen LogP contribution is 2.30. The van der Waals surface area contributed by atoms with Crippen molar-refractivity contribution < 1.29 is 27.4 Å². The van der Waals surface area contributed by atoms with Gasteiger partial charge in [0, 0.05) is 5.88 Å². The standard InChI is InChI=1S/C12H9ClF3NO3/c1-2-19-11(18)9-3-8(6-17)10(4-7(9)5-13)20-12(14,15)16/h3-4H,2,5H2,1H3. The number of alkyl halides is 4. The number of hydrogen-bond donors (Lipinski definition) is 0. The summed E-state index contributed by atoms with van der Waals surface area (Å²) >= 11 is 5.59. The molecule has 8 heteroatoms. The molecule has 0 radical (unpaired) electrons. The van der Waals surface area contributed by atoms with Crippen molar-refractivity contribution >= 4 is 17.6 Å². The first kappa shape index (κ1) is 16.1. The van der Waals surface area contributed by atoms with Crippen molar-refractivity contribution in [2.45, 2.75) is 19.2 Å². The molecule has 108 valence electrons. The number of nitrogens with zero attached hydrogens (tertiary/aromatic N) is 1. The van der Waals surface area contributed by atoms with Crippen LogP contribution >= 0.6 is 11.6 Å². The predicted molar refractivity (Wildman–Crippen MR) is 63.4 cm³/mol. The van der Waals surface area contributed by atoms with E-state index >= 15 is 0 Å². The van der Waals surface area contributed by atoms with E-state index in [1.807, 2.05) is 0 Å². The molecule has 0 atom stereocenters. The molecule has 4 nitrogen and oxygen atoms in total. The van der Waals surface area contributed by atoms with E-state index in [-0.39, 0.29) is 23.6 Å². The molecule has 0 heterocycles. The van der Waals surface area contributed by atoms with E-state index in [1.165, 1.54) is 6.07 Å². The van der Waals surface area contributed by atoms with Crippen molar-refractivity contribution in [3.05, 3.63) is 28.8 Å². The maximum Gasteiger partial charge on any atom is 0.573 e. The van der Waals surface area contributed by atoms with Gasteiger partial charge in [0.1, 0.15) is 11.8 Å². The van der Waals surface area contributed by atoms with E-state index in [0.717, 1.165) is 12.1 Å². The maximum absolute atomic E-state index is 12.2. The molecule has 1 aromatic carbocycles. The number of carbonyl (C=O) groups is 1. The molecule has 0 amide bonds. The maximum atomic E-state index is 12.2. The van der Waals surface area contributed by atoms with Gasteiger partial charge in [-0.3, -0.25) is 0 Å². The zero-order valence-electron chi connectivity index (χ0n) is 10.3. The molecule has 1 aromatic rings. The van der Waals surface area contributed by atoms with Crippen molar-refractivity contribution in [1.82, 2.24) is 0 Å². The molecule has 0 aliphatic heterocycles. The number of hydrogen-bond acceptors (Lipinski definition) is 4. The van der Waals surface area contributed by atoms with Crippen molar-refractivity contribution in [2.75, 3.05) is 6.61 Å². The van der Waals surface area contributed by atoms with Gasteiger partial charge in [0.15, 0.2) is 0 Å². The van der Waals surface area contributed by atoms with Crippen molar-refractivity contribution in [2.24, 2.45) is 0 Å². The van der Waals surface area contributed by atoms with Gasteiger partial charge in [0.2, 0.25) is 0 Å².